The molecule has 2 aromatic carbocycles. The number of aryl methyl sites for hydroxylation is 1. The van der Waals surface area contributed by atoms with E-state index in [1.165, 1.54) is 16.7 Å². The maximum atomic E-state index is 13.3. The first-order valence-corrected chi connectivity index (χ1v) is 10.9. The van der Waals surface area contributed by atoms with Gasteiger partial charge in [-0.05, 0) is 66.1 Å². The van der Waals surface area contributed by atoms with Crippen LogP contribution in [-0.2, 0) is 30.5 Å². The molecule has 1 aliphatic heterocycles. The molecule has 0 spiro atoms. The summed E-state index contributed by atoms with van der Waals surface area (Å²) in [5.74, 6) is 2.55. The summed E-state index contributed by atoms with van der Waals surface area (Å²) in [6, 6.07) is 10.5. The van der Waals surface area contributed by atoms with Gasteiger partial charge in [0.1, 0.15) is 5.75 Å². The monoisotopic (exact) mass is 409 g/mol. The molecular formula is C25H31NO4. The molecule has 4 rings (SSSR count). The van der Waals surface area contributed by atoms with Crippen LogP contribution >= 0.6 is 0 Å². The molecule has 0 aromatic heterocycles. The third-order valence-corrected chi connectivity index (χ3v) is 6.24. The molecule has 5 heteroatoms. The van der Waals surface area contributed by atoms with E-state index in [4.69, 9.17) is 14.2 Å². The van der Waals surface area contributed by atoms with Gasteiger partial charge in [-0.3, -0.25) is 4.79 Å². The molecule has 2 aromatic rings. The molecule has 1 heterocycles. The van der Waals surface area contributed by atoms with E-state index in [9.17, 15) is 4.79 Å². The van der Waals surface area contributed by atoms with Crippen LogP contribution in [0.3, 0.4) is 0 Å². The fourth-order valence-corrected chi connectivity index (χ4v) is 4.70. The Morgan fingerprint density at radius 1 is 1.07 bits per heavy atom. The molecule has 0 fully saturated rings. The lowest BCUT2D eigenvalue weighted by Gasteiger charge is -2.35. The Bertz CT molecular complexity index is 924. The van der Waals surface area contributed by atoms with E-state index in [0.717, 1.165) is 56.6 Å². The van der Waals surface area contributed by atoms with Gasteiger partial charge in [0, 0.05) is 19.0 Å². The van der Waals surface area contributed by atoms with Crippen LogP contribution in [0.15, 0.2) is 30.3 Å². The molecule has 1 atom stereocenters. The van der Waals surface area contributed by atoms with E-state index in [2.05, 4.69) is 24.0 Å². The second-order valence-electron chi connectivity index (χ2n) is 8.18. The van der Waals surface area contributed by atoms with Gasteiger partial charge >= 0.3 is 0 Å². The minimum atomic E-state index is 0.176. The summed E-state index contributed by atoms with van der Waals surface area (Å²) in [6.07, 6.45) is 5.29. The van der Waals surface area contributed by atoms with Crippen LogP contribution in [0.25, 0.3) is 0 Å². The number of carbonyl (C=O) groups excluding carboxylic acids is 1. The Morgan fingerprint density at radius 3 is 2.67 bits per heavy atom. The average molecular weight is 410 g/mol. The summed E-state index contributed by atoms with van der Waals surface area (Å²) in [7, 11) is 3.24. The average Bonchev–Trinajstić information content (AvgIpc) is 3.22. The third kappa shape index (κ3) is 4.11. The van der Waals surface area contributed by atoms with E-state index in [0.29, 0.717) is 17.9 Å². The first-order chi connectivity index (χ1) is 14.6. The van der Waals surface area contributed by atoms with E-state index < -0.39 is 0 Å². The fraction of sp³-hybridized carbons (Fsp3) is 0.480. The smallest absolute Gasteiger partial charge is 0.227 e. The van der Waals surface area contributed by atoms with Crippen molar-refractivity contribution in [3.05, 3.63) is 52.6 Å². The van der Waals surface area contributed by atoms with Crippen molar-refractivity contribution in [1.82, 2.24) is 4.90 Å². The van der Waals surface area contributed by atoms with E-state index in [-0.39, 0.29) is 11.9 Å². The lowest BCUT2D eigenvalue weighted by atomic mass is 9.85. The van der Waals surface area contributed by atoms with Crippen LogP contribution < -0.4 is 14.2 Å². The first kappa shape index (κ1) is 20.6. The SMILES string of the molecule is CCCN(C(=O)Cc1ccc(OC)c(OC)c1)C1CCc2cc3c(cc2C1)OCC3. The number of amides is 1. The lowest BCUT2D eigenvalue weighted by molar-refractivity contribution is -0.133. The topological polar surface area (TPSA) is 48.0 Å². The molecular weight excluding hydrogens is 378 g/mol. The molecule has 30 heavy (non-hydrogen) atoms. The van der Waals surface area contributed by atoms with Crippen molar-refractivity contribution in [1.29, 1.82) is 0 Å². The predicted octanol–water partition coefficient (Wildman–Crippen LogP) is 3.98. The van der Waals surface area contributed by atoms with Gasteiger partial charge in [0.25, 0.3) is 0 Å². The minimum Gasteiger partial charge on any atom is -0.493 e. The summed E-state index contributed by atoms with van der Waals surface area (Å²) in [5, 5.41) is 0. The standard InChI is InChI=1S/C25H31NO4/c1-4-10-26(25(27)13-17-5-8-22(28-2)24(12-17)29-3)21-7-6-18-14-19-9-11-30-23(19)16-20(18)15-21/h5,8,12,14,16,21H,4,6-7,9-11,13,15H2,1-3H3. The van der Waals surface area contributed by atoms with Gasteiger partial charge in [-0.2, -0.15) is 0 Å². The third-order valence-electron chi connectivity index (χ3n) is 6.24. The summed E-state index contributed by atoms with van der Waals surface area (Å²) in [4.78, 5) is 15.4. The predicted molar refractivity (Wildman–Crippen MR) is 117 cm³/mol. The Morgan fingerprint density at radius 2 is 1.90 bits per heavy atom. The number of methoxy groups -OCH3 is 2. The maximum Gasteiger partial charge on any atom is 0.227 e. The summed E-state index contributed by atoms with van der Waals surface area (Å²) < 4.78 is 16.5. The van der Waals surface area contributed by atoms with Gasteiger partial charge < -0.3 is 19.1 Å². The van der Waals surface area contributed by atoms with Crippen molar-refractivity contribution in [2.75, 3.05) is 27.4 Å². The van der Waals surface area contributed by atoms with Crippen LogP contribution in [0.4, 0.5) is 0 Å². The number of nitrogens with zero attached hydrogens (tertiary/aromatic N) is 1. The number of carbonyl (C=O) groups is 1. The minimum absolute atomic E-state index is 0.176. The highest BCUT2D eigenvalue weighted by Crippen LogP contribution is 2.34. The van der Waals surface area contributed by atoms with E-state index in [1.807, 2.05) is 18.2 Å². The number of fused-ring (bicyclic) bond motifs is 2. The van der Waals surface area contributed by atoms with Crippen LogP contribution in [0.1, 0.15) is 42.0 Å². The van der Waals surface area contributed by atoms with Crippen molar-refractivity contribution < 1.29 is 19.0 Å². The van der Waals surface area contributed by atoms with Gasteiger partial charge in [-0.25, -0.2) is 0 Å². The quantitative estimate of drug-likeness (QED) is 0.694. The molecule has 0 radical (unpaired) electrons. The summed E-state index contributed by atoms with van der Waals surface area (Å²) in [6.45, 7) is 3.70. The second kappa shape index (κ2) is 8.99. The number of hydrogen-bond acceptors (Lipinski definition) is 4. The molecule has 2 aliphatic rings. The molecule has 1 amide bonds. The molecule has 1 unspecified atom stereocenters. The van der Waals surface area contributed by atoms with Crippen LogP contribution in [0, 0.1) is 0 Å². The molecule has 0 bridgehead atoms. The Labute approximate surface area is 178 Å². The zero-order valence-corrected chi connectivity index (χ0v) is 18.2. The highest BCUT2D eigenvalue weighted by Gasteiger charge is 2.29. The molecule has 160 valence electrons. The normalized spacial score (nSPS) is 17.0. The van der Waals surface area contributed by atoms with E-state index in [1.54, 1.807) is 14.2 Å². The zero-order valence-electron chi connectivity index (χ0n) is 18.2. The van der Waals surface area contributed by atoms with Gasteiger partial charge in [0.2, 0.25) is 5.91 Å². The Balaban J connectivity index is 1.50. The van der Waals surface area contributed by atoms with Crippen molar-refractivity contribution in [3.63, 3.8) is 0 Å². The molecule has 0 saturated heterocycles. The van der Waals surface area contributed by atoms with Crippen molar-refractivity contribution >= 4 is 5.91 Å². The second-order valence-corrected chi connectivity index (χ2v) is 8.18. The lowest BCUT2D eigenvalue weighted by Crippen LogP contribution is -2.44. The van der Waals surface area contributed by atoms with Crippen LogP contribution in [0.5, 0.6) is 17.2 Å². The highest BCUT2D eigenvalue weighted by molar-refractivity contribution is 5.79. The fourth-order valence-electron chi connectivity index (χ4n) is 4.70. The Hall–Kier alpha value is -2.69. The first-order valence-electron chi connectivity index (χ1n) is 10.9. The van der Waals surface area contributed by atoms with Gasteiger partial charge in [-0.1, -0.05) is 19.1 Å². The molecule has 5 nitrogen and oxygen atoms in total. The summed E-state index contributed by atoms with van der Waals surface area (Å²) >= 11 is 0. The molecule has 1 aliphatic carbocycles. The van der Waals surface area contributed by atoms with Crippen LogP contribution in [0.2, 0.25) is 0 Å². The van der Waals surface area contributed by atoms with E-state index >= 15 is 0 Å². The highest BCUT2D eigenvalue weighted by atomic mass is 16.5. The van der Waals surface area contributed by atoms with Gasteiger partial charge in [0.05, 0.1) is 27.2 Å². The molecule has 0 N–H and O–H groups in total. The molecule has 0 saturated carbocycles. The van der Waals surface area contributed by atoms with Crippen molar-refractivity contribution in [2.45, 2.75) is 51.5 Å². The number of ether oxygens (including phenoxy) is 3. The van der Waals surface area contributed by atoms with Crippen molar-refractivity contribution in [2.24, 2.45) is 0 Å². The van der Waals surface area contributed by atoms with Crippen molar-refractivity contribution in [3.8, 4) is 17.2 Å². The van der Waals surface area contributed by atoms with Crippen LogP contribution in [-0.4, -0.2) is 44.2 Å². The number of hydrogen-bond donors (Lipinski definition) is 0. The largest absolute Gasteiger partial charge is 0.493 e. The number of rotatable bonds is 7. The maximum absolute atomic E-state index is 13.3. The number of benzene rings is 2. The van der Waals surface area contributed by atoms with Gasteiger partial charge in [-0.15, -0.1) is 0 Å². The summed E-state index contributed by atoms with van der Waals surface area (Å²) in [5.41, 5.74) is 5.05. The van der Waals surface area contributed by atoms with Gasteiger partial charge in [0.15, 0.2) is 11.5 Å². The Kier molecular flexibility index (Phi) is 6.16. The zero-order chi connectivity index (χ0) is 21.1.